The average molecular weight is 492 g/mol. The van der Waals surface area contributed by atoms with Gasteiger partial charge in [0.05, 0.1) is 10.6 Å². The van der Waals surface area contributed by atoms with Crippen LogP contribution in [-0.4, -0.2) is 53.3 Å². The summed E-state index contributed by atoms with van der Waals surface area (Å²) in [5.41, 5.74) is 0.812. The molecule has 1 fully saturated rings. The molecule has 4 aromatic heterocycles. The Bertz CT molecular complexity index is 1350. The number of alkyl halides is 3. The Morgan fingerprint density at radius 3 is 2.65 bits per heavy atom. The van der Waals surface area contributed by atoms with Crippen LogP contribution < -0.4 is 10.2 Å². The lowest BCUT2D eigenvalue weighted by molar-refractivity contribution is -0.146. The summed E-state index contributed by atoms with van der Waals surface area (Å²) in [4.78, 5) is 24.4. The highest BCUT2D eigenvalue weighted by atomic mass is 32.1. The minimum absolute atomic E-state index is 0.0222. The maximum atomic E-state index is 13.1. The summed E-state index contributed by atoms with van der Waals surface area (Å²) in [6, 6.07) is 3.06. The van der Waals surface area contributed by atoms with Gasteiger partial charge in [0.15, 0.2) is 16.6 Å². The quantitative estimate of drug-likeness (QED) is 0.467. The Morgan fingerprint density at radius 2 is 1.97 bits per heavy atom. The topological polar surface area (TPSA) is 106 Å². The first-order chi connectivity index (χ1) is 16.2. The molecule has 0 aliphatic carbocycles. The van der Waals surface area contributed by atoms with Crippen molar-refractivity contribution in [3.8, 4) is 10.7 Å². The Labute approximate surface area is 195 Å². The van der Waals surface area contributed by atoms with Gasteiger partial charge in [-0.15, -0.1) is 15.3 Å². The number of piperidine rings is 1. The van der Waals surface area contributed by atoms with E-state index < -0.39 is 12.0 Å². The highest BCUT2D eigenvalue weighted by molar-refractivity contribution is 7.19. The molecule has 1 aliphatic rings. The largest absolute Gasteiger partial charge is 0.453 e. The number of rotatable bonds is 4. The van der Waals surface area contributed by atoms with E-state index in [4.69, 9.17) is 0 Å². The van der Waals surface area contributed by atoms with E-state index in [2.05, 4.69) is 30.6 Å². The van der Waals surface area contributed by atoms with E-state index in [0.717, 1.165) is 16.4 Å². The van der Waals surface area contributed by atoms with E-state index >= 15 is 0 Å². The van der Waals surface area contributed by atoms with Crippen LogP contribution in [0.5, 0.6) is 0 Å². The van der Waals surface area contributed by atoms with Crippen molar-refractivity contribution in [3.63, 3.8) is 0 Å². The zero-order chi connectivity index (χ0) is 24.0. The van der Waals surface area contributed by atoms with Crippen molar-refractivity contribution >= 4 is 33.8 Å². The zero-order valence-electron chi connectivity index (χ0n) is 18.2. The second kappa shape index (κ2) is 8.34. The molecule has 5 rings (SSSR count). The molecule has 1 N–H and O–H groups in total. The lowest BCUT2D eigenvalue weighted by Crippen LogP contribution is -2.38. The number of carbonyl (C=O) groups is 1. The molecule has 1 amide bonds. The number of thiazole rings is 1. The third-order valence-corrected chi connectivity index (χ3v) is 6.81. The number of nitrogens with zero attached hydrogens (tertiary/aromatic N) is 8. The lowest BCUT2D eigenvalue weighted by atomic mass is 9.96. The predicted octanol–water partition coefficient (Wildman–Crippen LogP) is 3.16. The van der Waals surface area contributed by atoms with Crippen LogP contribution in [0.25, 0.3) is 16.3 Å². The monoisotopic (exact) mass is 491 g/mol. The smallest absolute Gasteiger partial charge is 0.355 e. The molecular weight excluding hydrogens is 471 g/mol. The number of carbonyl (C=O) groups excluding carboxylic acids is 1. The maximum absolute atomic E-state index is 13.1. The van der Waals surface area contributed by atoms with Crippen molar-refractivity contribution in [2.45, 2.75) is 25.9 Å². The predicted molar refractivity (Wildman–Crippen MR) is 118 cm³/mol. The Balaban J connectivity index is 1.24. The van der Waals surface area contributed by atoms with Crippen LogP contribution in [0.15, 0.2) is 24.5 Å². The molecular formula is C20H20F3N9OS. The summed E-state index contributed by atoms with van der Waals surface area (Å²) in [5.74, 6) is -0.355. The average Bonchev–Trinajstić information content (AvgIpc) is 3.51. The maximum Gasteiger partial charge on any atom is 0.453 e. The van der Waals surface area contributed by atoms with Crippen LogP contribution in [0.3, 0.4) is 0 Å². The van der Waals surface area contributed by atoms with Crippen LogP contribution in [0.4, 0.5) is 24.1 Å². The Morgan fingerprint density at radius 1 is 1.21 bits per heavy atom. The Kier molecular flexibility index (Phi) is 5.46. The number of anilines is 2. The molecule has 1 saturated heterocycles. The molecule has 34 heavy (non-hydrogen) atoms. The number of aryl methyl sites for hydroxylation is 2. The van der Waals surface area contributed by atoms with Gasteiger partial charge in [0.1, 0.15) is 5.82 Å². The van der Waals surface area contributed by atoms with Gasteiger partial charge in [-0.2, -0.15) is 17.7 Å². The fourth-order valence-corrected chi connectivity index (χ4v) is 4.95. The second-order valence-electron chi connectivity index (χ2n) is 8.03. The zero-order valence-corrected chi connectivity index (χ0v) is 19.1. The van der Waals surface area contributed by atoms with Crippen molar-refractivity contribution < 1.29 is 18.0 Å². The van der Waals surface area contributed by atoms with Gasteiger partial charge in [0.2, 0.25) is 5.91 Å². The molecule has 0 atom stereocenters. The number of aromatic nitrogens is 7. The van der Waals surface area contributed by atoms with Crippen molar-refractivity contribution in [2.24, 2.45) is 13.0 Å². The first kappa shape index (κ1) is 22.3. The van der Waals surface area contributed by atoms with Gasteiger partial charge in [-0.1, -0.05) is 11.3 Å². The standard InChI is InChI=1S/C20H20F3N9OS/c1-11-15(16-24-7-10-30(16)2)34-19(25-11)26-17(33)12-5-8-31(9-6-12)14-4-3-13-27-28-18(20(21,22)23)32(13)29-14/h3-4,7,10,12H,5-6,8-9H2,1-2H3,(H,25,26,33). The van der Waals surface area contributed by atoms with Crippen molar-refractivity contribution in [1.29, 1.82) is 0 Å². The van der Waals surface area contributed by atoms with Gasteiger partial charge in [-0.25, -0.2) is 9.97 Å². The van der Waals surface area contributed by atoms with Crippen LogP contribution in [0, 0.1) is 12.8 Å². The van der Waals surface area contributed by atoms with E-state index in [-0.39, 0.29) is 17.5 Å². The molecule has 0 saturated carbocycles. The van der Waals surface area contributed by atoms with E-state index in [1.54, 1.807) is 12.3 Å². The highest BCUT2D eigenvalue weighted by Crippen LogP contribution is 2.32. The third kappa shape index (κ3) is 4.08. The molecule has 0 bridgehead atoms. The van der Waals surface area contributed by atoms with Gasteiger partial charge >= 0.3 is 6.18 Å². The summed E-state index contributed by atoms with van der Waals surface area (Å²) in [6.45, 7) is 2.84. The van der Waals surface area contributed by atoms with E-state index in [1.807, 2.05) is 29.6 Å². The van der Waals surface area contributed by atoms with E-state index in [0.29, 0.717) is 41.4 Å². The number of hydrogen-bond donors (Lipinski definition) is 1. The molecule has 0 radical (unpaired) electrons. The summed E-state index contributed by atoms with van der Waals surface area (Å²) >= 11 is 1.37. The number of hydrogen-bond acceptors (Lipinski definition) is 8. The first-order valence-electron chi connectivity index (χ1n) is 10.5. The molecule has 178 valence electrons. The van der Waals surface area contributed by atoms with Crippen LogP contribution in [0.2, 0.25) is 0 Å². The van der Waals surface area contributed by atoms with Gasteiger partial charge in [-0.05, 0) is 31.9 Å². The van der Waals surface area contributed by atoms with Crippen LogP contribution in [-0.2, 0) is 18.0 Å². The van der Waals surface area contributed by atoms with Crippen molar-refractivity contribution in [3.05, 3.63) is 36.0 Å². The molecule has 1 aliphatic heterocycles. The first-order valence-corrected chi connectivity index (χ1v) is 11.3. The highest BCUT2D eigenvalue weighted by Gasteiger charge is 2.38. The summed E-state index contributed by atoms with van der Waals surface area (Å²) in [6.07, 6.45) is -0.0197. The number of amides is 1. The fraction of sp³-hybridized carbons (Fsp3) is 0.400. The molecule has 5 heterocycles. The van der Waals surface area contributed by atoms with Crippen LogP contribution >= 0.6 is 11.3 Å². The number of halogens is 3. The normalized spacial score (nSPS) is 15.3. The van der Waals surface area contributed by atoms with Gasteiger partial charge in [-0.3, -0.25) is 4.79 Å². The molecule has 10 nitrogen and oxygen atoms in total. The summed E-state index contributed by atoms with van der Waals surface area (Å²) < 4.78 is 42.0. The molecule has 0 aromatic carbocycles. The number of imidazole rings is 1. The second-order valence-corrected chi connectivity index (χ2v) is 9.03. The summed E-state index contributed by atoms with van der Waals surface area (Å²) in [7, 11) is 1.90. The van der Waals surface area contributed by atoms with E-state index in [9.17, 15) is 18.0 Å². The van der Waals surface area contributed by atoms with Crippen molar-refractivity contribution in [1.82, 2.24) is 34.3 Å². The minimum atomic E-state index is -4.65. The van der Waals surface area contributed by atoms with E-state index in [1.165, 1.54) is 17.4 Å². The van der Waals surface area contributed by atoms with Gasteiger partial charge in [0, 0.05) is 38.4 Å². The van der Waals surface area contributed by atoms with Gasteiger partial charge in [0.25, 0.3) is 5.82 Å². The molecule has 0 unspecified atom stereocenters. The third-order valence-electron chi connectivity index (χ3n) is 5.74. The Hall–Kier alpha value is -3.55. The summed E-state index contributed by atoms with van der Waals surface area (Å²) in [5, 5.41) is 14.2. The fourth-order valence-electron chi connectivity index (χ4n) is 3.94. The number of nitrogens with one attached hydrogen (secondary N) is 1. The number of fused-ring (bicyclic) bond motifs is 1. The SMILES string of the molecule is Cc1nc(NC(=O)C2CCN(c3ccc4nnc(C(F)(F)F)n4n3)CC2)sc1-c1nccn1C. The lowest BCUT2D eigenvalue weighted by Gasteiger charge is -2.31. The van der Waals surface area contributed by atoms with Gasteiger partial charge < -0.3 is 14.8 Å². The van der Waals surface area contributed by atoms with Crippen LogP contribution in [0.1, 0.15) is 24.4 Å². The van der Waals surface area contributed by atoms with Crippen molar-refractivity contribution in [2.75, 3.05) is 23.3 Å². The minimum Gasteiger partial charge on any atom is -0.355 e. The molecule has 14 heteroatoms. The molecule has 0 spiro atoms. The molecule has 4 aromatic rings.